The number of alkyl halides is 3. The fourth-order valence-electron chi connectivity index (χ4n) is 1.98. The summed E-state index contributed by atoms with van der Waals surface area (Å²) in [6.45, 7) is 0. The molecule has 1 aromatic heterocycles. The summed E-state index contributed by atoms with van der Waals surface area (Å²) in [5.41, 5.74) is 0. The number of nitrogens with one attached hydrogen (secondary N) is 1. The molecule has 0 aliphatic heterocycles. The molecule has 1 heterocycles. The molecule has 18 heavy (non-hydrogen) atoms. The summed E-state index contributed by atoms with van der Waals surface area (Å²) in [6, 6.07) is -0.378. The van der Waals surface area contributed by atoms with E-state index in [1.165, 1.54) is 0 Å². The van der Waals surface area contributed by atoms with Crippen LogP contribution in [-0.2, 0) is 11.0 Å². The van der Waals surface area contributed by atoms with E-state index in [1.807, 2.05) is 0 Å². The number of carboxylic acids is 1. The molecule has 5 nitrogen and oxygen atoms in total. The normalized spacial score (nSPS) is 24.2. The monoisotopic (exact) mass is 281 g/mol. The molecule has 0 saturated heterocycles. The Labute approximate surface area is 104 Å². The molecular formula is C9H10F3N3O2S. The summed E-state index contributed by atoms with van der Waals surface area (Å²) in [7, 11) is 0. The average Bonchev–Trinajstić information content (AvgIpc) is 2.85. The fourth-order valence-corrected chi connectivity index (χ4v) is 2.63. The van der Waals surface area contributed by atoms with Gasteiger partial charge in [-0.1, -0.05) is 6.42 Å². The van der Waals surface area contributed by atoms with Gasteiger partial charge < -0.3 is 10.4 Å². The van der Waals surface area contributed by atoms with Gasteiger partial charge in [0.15, 0.2) is 0 Å². The first-order valence-electron chi connectivity index (χ1n) is 5.28. The first kappa shape index (κ1) is 13.1. The van der Waals surface area contributed by atoms with E-state index in [1.54, 1.807) is 0 Å². The van der Waals surface area contributed by atoms with E-state index < -0.39 is 23.9 Å². The van der Waals surface area contributed by atoms with Crippen molar-refractivity contribution in [3.63, 3.8) is 0 Å². The molecule has 0 unspecified atom stereocenters. The van der Waals surface area contributed by atoms with Crippen LogP contribution in [0.3, 0.4) is 0 Å². The molecule has 2 atom stereocenters. The first-order valence-corrected chi connectivity index (χ1v) is 6.05. The van der Waals surface area contributed by atoms with Crippen LogP contribution < -0.4 is 5.32 Å². The van der Waals surface area contributed by atoms with Crippen molar-refractivity contribution in [2.24, 2.45) is 5.92 Å². The van der Waals surface area contributed by atoms with Gasteiger partial charge in [0.1, 0.15) is 0 Å². The zero-order valence-corrected chi connectivity index (χ0v) is 9.88. The first-order chi connectivity index (χ1) is 8.38. The lowest BCUT2D eigenvalue weighted by Gasteiger charge is -2.16. The van der Waals surface area contributed by atoms with E-state index in [9.17, 15) is 18.0 Å². The van der Waals surface area contributed by atoms with E-state index in [-0.39, 0.29) is 11.2 Å². The second-order valence-corrected chi connectivity index (χ2v) is 4.80. The minimum absolute atomic E-state index is 0.0143. The Kier molecular flexibility index (Phi) is 3.42. The zero-order chi connectivity index (χ0) is 13.3. The number of halogens is 3. The zero-order valence-electron chi connectivity index (χ0n) is 9.07. The number of nitrogens with zero attached hydrogens (tertiary/aromatic N) is 2. The predicted octanol–water partition coefficient (Wildman–Crippen LogP) is 2.22. The van der Waals surface area contributed by atoms with Crippen LogP contribution in [0, 0.1) is 5.92 Å². The number of hydrogen-bond donors (Lipinski definition) is 2. The molecule has 0 spiro atoms. The van der Waals surface area contributed by atoms with Gasteiger partial charge in [-0.2, -0.15) is 22.5 Å². The third-order valence-corrected chi connectivity index (χ3v) is 3.47. The summed E-state index contributed by atoms with van der Waals surface area (Å²) in [4.78, 5) is 14.2. The quantitative estimate of drug-likeness (QED) is 0.888. The molecule has 1 aliphatic rings. The van der Waals surface area contributed by atoms with Crippen molar-refractivity contribution in [3.8, 4) is 0 Å². The molecule has 1 aromatic rings. The van der Waals surface area contributed by atoms with Gasteiger partial charge in [-0.05, 0) is 12.8 Å². The maximum atomic E-state index is 12.3. The highest BCUT2D eigenvalue weighted by molar-refractivity contribution is 7.09. The SMILES string of the molecule is O=C(O)[C@@H]1CCC[C@@H]1Nc1nc(C(F)(F)F)ns1. The van der Waals surface area contributed by atoms with Crippen LogP contribution in [-0.4, -0.2) is 26.5 Å². The Morgan fingerprint density at radius 2 is 2.17 bits per heavy atom. The van der Waals surface area contributed by atoms with Crippen molar-refractivity contribution in [2.75, 3.05) is 5.32 Å². The highest BCUT2D eigenvalue weighted by atomic mass is 32.1. The highest BCUT2D eigenvalue weighted by Crippen LogP contribution is 2.32. The lowest BCUT2D eigenvalue weighted by atomic mass is 10.0. The standard InChI is InChI=1S/C9H10F3N3O2S/c10-9(11,12)7-14-8(18-15-7)13-5-3-1-2-4(5)6(16)17/h4-5H,1-3H2,(H,16,17)(H,13,14,15)/t4-,5+/m1/s1. The number of rotatable bonds is 3. The third kappa shape index (κ3) is 2.71. The Bertz CT molecular complexity index is 449. The molecule has 2 rings (SSSR count). The van der Waals surface area contributed by atoms with Crippen LogP contribution in [0.25, 0.3) is 0 Å². The lowest BCUT2D eigenvalue weighted by Crippen LogP contribution is -2.29. The Morgan fingerprint density at radius 1 is 1.44 bits per heavy atom. The number of aromatic nitrogens is 2. The van der Waals surface area contributed by atoms with Gasteiger partial charge >= 0.3 is 12.1 Å². The molecule has 2 N–H and O–H groups in total. The Hall–Kier alpha value is -1.38. The summed E-state index contributed by atoms with van der Waals surface area (Å²) in [5, 5.41) is 11.7. The number of carboxylic acid groups (broad SMARTS) is 1. The predicted molar refractivity (Wildman–Crippen MR) is 57.3 cm³/mol. The molecule has 0 radical (unpaired) electrons. The van der Waals surface area contributed by atoms with Gasteiger partial charge in [0.05, 0.1) is 5.92 Å². The smallest absolute Gasteiger partial charge is 0.452 e. The molecule has 0 aromatic carbocycles. The Morgan fingerprint density at radius 3 is 2.72 bits per heavy atom. The molecular weight excluding hydrogens is 271 g/mol. The molecule has 0 amide bonds. The number of aliphatic carboxylic acids is 1. The van der Waals surface area contributed by atoms with Crippen LogP contribution in [0.5, 0.6) is 0 Å². The molecule has 9 heteroatoms. The van der Waals surface area contributed by atoms with Gasteiger partial charge in [-0.15, -0.1) is 0 Å². The summed E-state index contributed by atoms with van der Waals surface area (Å²) in [5.74, 6) is -2.71. The van der Waals surface area contributed by atoms with E-state index >= 15 is 0 Å². The lowest BCUT2D eigenvalue weighted by molar-refractivity contribution is -0.144. The van der Waals surface area contributed by atoms with Crippen LogP contribution in [0.15, 0.2) is 0 Å². The molecule has 1 aliphatic carbocycles. The van der Waals surface area contributed by atoms with Crippen molar-refractivity contribution in [1.82, 2.24) is 9.36 Å². The largest absolute Gasteiger partial charge is 0.481 e. The van der Waals surface area contributed by atoms with Gasteiger partial charge in [0.2, 0.25) is 11.0 Å². The van der Waals surface area contributed by atoms with E-state index in [0.29, 0.717) is 24.4 Å². The fraction of sp³-hybridized carbons (Fsp3) is 0.667. The van der Waals surface area contributed by atoms with E-state index in [2.05, 4.69) is 14.7 Å². The van der Waals surface area contributed by atoms with Gasteiger partial charge in [-0.3, -0.25) is 4.79 Å². The molecule has 1 fully saturated rings. The van der Waals surface area contributed by atoms with Crippen molar-refractivity contribution in [3.05, 3.63) is 5.82 Å². The molecule has 1 saturated carbocycles. The van der Waals surface area contributed by atoms with Crippen LogP contribution in [0.4, 0.5) is 18.3 Å². The summed E-state index contributed by atoms with van der Waals surface area (Å²) in [6.07, 6.45) is -2.70. The Balaban J connectivity index is 2.05. The highest BCUT2D eigenvalue weighted by Gasteiger charge is 2.37. The molecule has 0 bridgehead atoms. The van der Waals surface area contributed by atoms with Crippen LogP contribution >= 0.6 is 11.5 Å². The minimum atomic E-state index is -4.57. The van der Waals surface area contributed by atoms with Crippen molar-refractivity contribution in [2.45, 2.75) is 31.5 Å². The average molecular weight is 281 g/mol. The summed E-state index contributed by atoms with van der Waals surface area (Å²) >= 11 is 0.592. The van der Waals surface area contributed by atoms with Gasteiger partial charge in [-0.25, -0.2) is 0 Å². The minimum Gasteiger partial charge on any atom is -0.481 e. The topological polar surface area (TPSA) is 75.1 Å². The van der Waals surface area contributed by atoms with Gasteiger partial charge in [0, 0.05) is 17.6 Å². The molecule has 100 valence electrons. The maximum absolute atomic E-state index is 12.3. The second-order valence-electron chi connectivity index (χ2n) is 4.05. The second kappa shape index (κ2) is 4.71. The number of anilines is 1. The number of hydrogen-bond acceptors (Lipinski definition) is 5. The third-order valence-electron chi connectivity index (χ3n) is 2.82. The van der Waals surface area contributed by atoms with Crippen LogP contribution in [0.1, 0.15) is 25.1 Å². The van der Waals surface area contributed by atoms with E-state index in [4.69, 9.17) is 5.11 Å². The van der Waals surface area contributed by atoms with Gasteiger partial charge in [0.25, 0.3) is 0 Å². The van der Waals surface area contributed by atoms with Crippen LogP contribution in [0.2, 0.25) is 0 Å². The number of carbonyl (C=O) groups is 1. The summed E-state index contributed by atoms with van der Waals surface area (Å²) < 4.78 is 40.0. The maximum Gasteiger partial charge on any atom is 0.452 e. The van der Waals surface area contributed by atoms with Crippen molar-refractivity contribution < 1.29 is 23.1 Å². The van der Waals surface area contributed by atoms with Crippen molar-refractivity contribution in [1.29, 1.82) is 0 Å². The van der Waals surface area contributed by atoms with Crippen molar-refractivity contribution >= 4 is 22.6 Å². The van der Waals surface area contributed by atoms with E-state index in [0.717, 1.165) is 6.42 Å².